The van der Waals surface area contributed by atoms with E-state index < -0.39 is 23.7 Å². The van der Waals surface area contributed by atoms with Crippen LogP contribution in [0.1, 0.15) is 13.8 Å². The van der Waals surface area contributed by atoms with E-state index in [0.717, 1.165) is 0 Å². The van der Waals surface area contributed by atoms with Crippen molar-refractivity contribution in [1.82, 2.24) is 5.32 Å². The predicted octanol–water partition coefficient (Wildman–Crippen LogP) is 1.46. The average molecular weight is 268 g/mol. The minimum absolute atomic E-state index is 0.0747. The minimum Gasteiger partial charge on any atom is -0.480 e. The van der Waals surface area contributed by atoms with Crippen LogP contribution in [0.2, 0.25) is 0 Å². The summed E-state index contributed by atoms with van der Waals surface area (Å²) in [7, 11) is 0. The number of rotatable bonds is 6. The predicted molar refractivity (Wildman–Crippen MR) is 69.3 cm³/mol. The van der Waals surface area contributed by atoms with E-state index in [0.29, 0.717) is 0 Å². The second-order valence-corrected chi connectivity index (χ2v) is 4.47. The Morgan fingerprint density at radius 1 is 1.32 bits per heavy atom. The summed E-state index contributed by atoms with van der Waals surface area (Å²) in [6.07, 6.45) is 0. The smallest absolute Gasteiger partial charge is 0.320 e. The fourth-order valence-electron chi connectivity index (χ4n) is 1.57. The fourth-order valence-corrected chi connectivity index (χ4v) is 1.57. The maximum absolute atomic E-state index is 13.3. The number of carbonyl (C=O) groups is 2. The summed E-state index contributed by atoms with van der Waals surface area (Å²) in [5.74, 6) is -2.20. The van der Waals surface area contributed by atoms with E-state index >= 15 is 0 Å². The van der Waals surface area contributed by atoms with Gasteiger partial charge in [-0.1, -0.05) is 26.0 Å². The minimum atomic E-state index is -1.02. The molecule has 0 aliphatic rings. The van der Waals surface area contributed by atoms with Gasteiger partial charge in [0.15, 0.2) is 0 Å². The number of amides is 1. The second kappa shape index (κ2) is 6.84. The van der Waals surface area contributed by atoms with Crippen LogP contribution < -0.4 is 10.6 Å². The normalized spacial score (nSPS) is 12.2. The lowest BCUT2D eigenvalue weighted by atomic mass is 10.1. The van der Waals surface area contributed by atoms with Crippen LogP contribution in [0, 0.1) is 11.7 Å². The van der Waals surface area contributed by atoms with Gasteiger partial charge in [-0.2, -0.15) is 0 Å². The van der Waals surface area contributed by atoms with Gasteiger partial charge in [-0.15, -0.1) is 0 Å². The van der Waals surface area contributed by atoms with E-state index in [-0.39, 0.29) is 18.2 Å². The molecule has 1 unspecified atom stereocenters. The molecule has 1 aromatic rings. The van der Waals surface area contributed by atoms with Crippen LogP contribution in [-0.2, 0) is 9.59 Å². The van der Waals surface area contributed by atoms with Gasteiger partial charge < -0.3 is 10.4 Å². The molecule has 3 N–H and O–H groups in total. The molecule has 0 bridgehead atoms. The largest absolute Gasteiger partial charge is 0.480 e. The molecule has 1 rings (SSSR count). The van der Waals surface area contributed by atoms with Crippen molar-refractivity contribution in [3.63, 3.8) is 0 Å². The van der Waals surface area contributed by atoms with Gasteiger partial charge in [0.1, 0.15) is 11.9 Å². The SMILES string of the molecule is CC(C)C(NCC(=O)Nc1ccccc1F)C(=O)O. The Morgan fingerprint density at radius 2 is 1.95 bits per heavy atom. The zero-order valence-electron chi connectivity index (χ0n) is 10.8. The molecule has 0 fully saturated rings. The molecule has 0 radical (unpaired) electrons. The summed E-state index contributed by atoms with van der Waals surface area (Å²) < 4.78 is 13.3. The third kappa shape index (κ3) is 4.67. The van der Waals surface area contributed by atoms with E-state index in [4.69, 9.17) is 5.11 Å². The highest BCUT2D eigenvalue weighted by Gasteiger charge is 2.21. The number of carboxylic acid groups (broad SMARTS) is 1. The Hall–Kier alpha value is -1.95. The highest BCUT2D eigenvalue weighted by atomic mass is 19.1. The molecule has 5 nitrogen and oxygen atoms in total. The molecular formula is C13H17FN2O3. The summed E-state index contributed by atoms with van der Waals surface area (Å²) in [6, 6.07) is 4.97. The maximum atomic E-state index is 13.3. The van der Waals surface area contributed by atoms with Crippen molar-refractivity contribution >= 4 is 17.6 Å². The molecule has 0 saturated carbocycles. The number of carboxylic acids is 1. The van der Waals surface area contributed by atoms with Crippen LogP contribution in [0.5, 0.6) is 0 Å². The molecule has 1 atom stereocenters. The van der Waals surface area contributed by atoms with Crippen molar-refractivity contribution in [2.75, 3.05) is 11.9 Å². The molecule has 0 aromatic heterocycles. The first-order chi connectivity index (χ1) is 8.91. The zero-order valence-corrected chi connectivity index (χ0v) is 10.8. The molecule has 104 valence electrons. The number of benzene rings is 1. The maximum Gasteiger partial charge on any atom is 0.320 e. The van der Waals surface area contributed by atoms with Crippen LogP contribution in [-0.4, -0.2) is 29.6 Å². The third-order valence-electron chi connectivity index (χ3n) is 2.56. The van der Waals surface area contributed by atoms with Gasteiger partial charge in [-0.05, 0) is 18.1 Å². The summed E-state index contributed by atoms with van der Waals surface area (Å²) in [4.78, 5) is 22.5. The van der Waals surface area contributed by atoms with E-state index in [1.165, 1.54) is 18.2 Å². The lowest BCUT2D eigenvalue weighted by Crippen LogP contribution is -2.44. The number of para-hydroxylation sites is 1. The molecule has 6 heteroatoms. The van der Waals surface area contributed by atoms with Crippen molar-refractivity contribution in [1.29, 1.82) is 0 Å². The molecule has 0 spiro atoms. The van der Waals surface area contributed by atoms with Crippen molar-refractivity contribution in [2.24, 2.45) is 5.92 Å². The number of aliphatic carboxylic acids is 1. The fraction of sp³-hybridized carbons (Fsp3) is 0.385. The number of halogens is 1. The standard InChI is InChI=1S/C13H17FN2O3/c1-8(2)12(13(18)19)15-7-11(17)16-10-6-4-3-5-9(10)14/h3-6,8,12,15H,7H2,1-2H3,(H,16,17)(H,18,19). The highest BCUT2D eigenvalue weighted by Crippen LogP contribution is 2.11. The Bertz CT molecular complexity index is 463. The molecule has 1 amide bonds. The van der Waals surface area contributed by atoms with Crippen molar-refractivity contribution in [3.8, 4) is 0 Å². The van der Waals surface area contributed by atoms with Gasteiger partial charge in [0.05, 0.1) is 12.2 Å². The van der Waals surface area contributed by atoms with Crippen LogP contribution in [0.25, 0.3) is 0 Å². The summed E-state index contributed by atoms with van der Waals surface area (Å²) in [5.41, 5.74) is 0.0747. The zero-order chi connectivity index (χ0) is 14.4. The summed E-state index contributed by atoms with van der Waals surface area (Å²) >= 11 is 0. The van der Waals surface area contributed by atoms with E-state index in [2.05, 4.69) is 10.6 Å². The van der Waals surface area contributed by atoms with Gasteiger partial charge in [0.25, 0.3) is 0 Å². The highest BCUT2D eigenvalue weighted by molar-refractivity contribution is 5.92. The van der Waals surface area contributed by atoms with Crippen molar-refractivity contribution < 1.29 is 19.1 Å². The third-order valence-corrected chi connectivity index (χ3v) is 2.56. The molecule has 0 heterocycles. The first kappa shape index (κ1) is 15.1. The Balaban J connectivity index is 2.52. The molecule has 0 aliphatic heterocycles. The number of carbonyl (C=O) groups excluding carboxylic acids is 1. The van der Waals surface area contributed by atoms with Gasteiger partial charge in [-0.3, -0.25) is 14.9 Å². The van der Waals surface area contributed by atoms with Crippen LogP contribution in [0.4, 0.5) is 10.1 Å². The number of nitrogens with one attached hydrogen (secondary N) is 2. The quantitative estimate of drug-likeness (QED) is 0.730. The molecular weight excluding hydrogens is 251 g/mol. The van der Waals surface area contributed by atoms with Crippen LogP contribution >= 0.6 is 0 Å². The van der Waals surface area contributed by atoms with Gasteiger partial charge in [-0.25, -0.2) is 4.39 Å². The monoisotopic (exact) mass is 268 g/mol. The number of hydrogen-bond donors (Lipinski definition) is 3. The first-order valence-corrected chi connectivity index (χ1v) is 5.92. The molecule has 19 heavy (non-hydrogen) atoms. The van der Waals surface area contributed by atoms with Gasteiger partial charge >= 0.3 is 5.97 Å². The molecule has 0 aliphatic carbocycles. The molecule has 1 aromatic carbocycles. The van der Waals surface area contributed by atoms with Crippen LogP contribution in [0.15, 0.2) is 24.3 Å². The van der Waals surface area contributed by atoms with E-state index in [9.17, 15) is 14.0 Å². The topological polar surface area (TPSA) is 78.4 Å². The van der Waals surface area contributed by atoms with Gasteiger partial charge in [0, 0.05) is 0 Å². The van der Waals surface area contributed by atoms with Gasteiger partial charge in [0.2, 0.25) is 5.91 Å². The lowest BCUT2D eigenvalue weighted by molar-refractivity contribution is -0.140. The second-order valence-electron chi connectivity index (χ2n) is 4.47. The average Bonchev–Trinajstić information content (AvgIpc) is 2.31. The van der Waals surface area contributed by atoms with E-state index in [1.807, 2.05) is 0 Å². The van der Waals surface area contributed by atoms with E-state index in [1.54, 1.807) is 19.9 Å². The summed E-state index contributed by atoms with van der Waals surface area (Å²) in [6.45, 7) is 3.28. The lowest BCUT2D eigenvalue weighted by Gasteiger charge is -2.17. The first-order valence-electron chi connectivity index (χ1n) is 5.92. The Labute approximate surface area is 110 Å². The van der Waals surface area contributed by atoms with Crippen molar-refractivity contribution in [3.05, 3.63) is 30.1 Å². The Morgan fingerprint density at radius 3 is 2.47 bits per heavy atom. The molecule has 0 saturated heterocycles. The Kier molecular flexibility index (Phi) is 5.44. The van der Waals surface area contributed by atoms with Crippen LogP contribution in [0.3, 0.4) is 0 Å². The number of anilines is 1. The number of hydrogen-bond acceptors (Lipinski definition) is 3. The van der Waals surface area contributed by atoms with Crippen molar-refractivity contribution in [2.45, 2.75) is 19.9 Å². The summed E-state index contributed by atoms with van der Waals surface area (Å²) in [5, 5.41) is 13.9.